The van der Waals surface area contributed by atoms with Gasteiger partial charge < -0.3 is 23.4 Å². The van der Waals surface area contributed by atoms with Crippen LogP contribution >= 0.6 is 0 Å². The minimum atomic E-state index is -0.450. The molecule has 0 spiro atoms. The molecular formula is C26H28O7. The van der Waals surface area contributed by atoms with E-state index in [0.29, 0.717) is 64.7 Å². The number of aryl methyl sites for hydroxylation is 2. The Morgan fingerprint density at radius 1 is 1.09 bits per heavy atom. The minimum Gasteiger partial charge on any atom is -0.490 e. The monoisotopic (exact) mass is 452 g/mol. The molecule has 0 aliphatic carbocycles. The molecule has 2 heterocycles. The number of fused-ring (bicyclic) bond motifs is 2. The van der Waals surface area contributed by atoms with Gasteiger partial charge in [-0.1, -0.05) is 13.0 Å². The van der Waals surface area contributed by atoms with Gasteiger partial charge in [0.2, 0.25) is 5.43 Å². The first-order valence-corrected chi connectivity index (χ1v) is 11.2. The van der Waals surface area contributed by atoms with Crippen molar-refractivity contribution in [3.63, 3.8) is 0 Å². The van der Waals surface area contributed by atoms with E-state index in [1.165, 1.54) is 0 Å². The molecule has 0 bridgehead atoms. The second-order valence-electron chi connectivity index (χ2n) is 8.21. The van der Waals surface area contributed by atoms with E-state index in [2.05, 4.69) is 0 Å². The molecular weight excluding hydrogens is 424 g/mol. The highest BCUT2D eigenvalue weighted by molar-refractivity contribution is 5.85. The number of hydrogen-bond acceptors (Lipinski definition) is 7. The maximum atomic E-state index is 13.5. The number of ether oxygens (including phenoxy) is 4. The van der Waals surface area contributed by atoms with Crippen LogP contribution in [-0.4, -0.2) is 31.9 Å². The van der Waals surface area contributed by atoms with Crippen molar-refractivity contribution in [2.24, 2.45) is 0 Å². The molecule has 2 aromatic carbocycles. The summed E-state index contributed by atoms with van der Waals surface area (Å²) in [6.45, 7) is 8.23. The van der Waals surface area contributed by atoms with Gasteiger partial charge in [0, 0.05) is 12.5 Å². The summed E-state index contributed by atoms with van der Waals surface area (Å²) in [6, 6.07) is 8.93. The Kier molecular flexibility index (Phi) is 6.58. The quantitative estimate of drug-likeness (QED) is 0.496. The lowest BCUT2D eigenvalue weighted by Gasteiger charge is -2.14. The summed E-state index contributed by atoms with van der Waals surface area (Å²) in [5.41, 5.74) is 2.26. The van der Waals surface area contributed by atoms with Gasteiger partial charge in [0.25, 0.3) is 0 Å². The molecule has 0 saturated heterocycles. The molecule has 174 valence electrons. The zero-order valence-electron chi connectivity index (χ0n) is 19.4. The van der Waals surface area contributed by atoms with Crippen LogP contribution in [0.4, 0.5) is 0 Å². The number of carbonyl (C=O) groups excluding carboxylic acids is 1. The van der Waals surface area contributed by atoms with Gasteiger partial charge in [-0.25, -0.2) is 4.79 Å². The molecule has 0 fully saturated rings. The number of benzene rings is 2. The first-order chi connectivity index (χ1) is 15.9. The predicted molar refractivity (Wildman–Crippen MR) is 124 cm³/mol. The van der Waals surface area contributed by atoms with E-state index >= 15 is 0 Å². The van der Waals surface area contributed by atoms with Crippen LogP contribution in [0.5, 0.6) is 17.2 Å². The van der Waals surface area contributed by atoms with Gasteiger partial charge in [-0.15, -0.1) is 0 Å². The van der Waals surface area contributed by atoms with E-state index in [1.807, 2.05) is 25.1 Å². The Balaban J connectivity index is 1.73. The van der Waals surface area contributed by atoms with Crippen LogP contribution in [0.25, 0.3) is 22.1 Å². The van der Waals surface area contributed by atoms with Gasteiger partial charge in [0.05, 0.1) is 30.3 Å². The van der Waals surface area contributed by atoms with Gasteiger partial charge in [-0.3, -0.25) is 4.79 Å². The molecule has 7 heteroatoms. The average Bonchev–Trinajstić information content (AvgIpc) is 3.02. The average molecular weight is 453 g/mol. The number of hydrogen-bond donors (Lipinski definition) is 0. The van der Waals surface area contributed by atoms with Crippen molar-refractivity contribution in [1.82, 2.24) is 0 Å². The largest absolute Gasteiger partial charge is 0.490 e. The first-order valence-electron chi connectivity index (χ1n) is 11.2. The molecule has 1 aliphatic rings. The first kappa shape index (κ1) is 22.7. The van der Waals surface area contributed by atoms with Crippen molar-refractivity contribution in [3.05, 3.63) is 51.9 Å². The summed E-state index contributed by atoms with van der Waals surface area (Å²) < 4.78 is 28.4. The van der Waals surface area contributed by atoms with Gasteiger partial charge in [0.1, 0.15) is 17.1 Å². The maximum Gasteiger partial charge on any atom is 0.344 e. The Bertz CT molecular complexity index is 1240. The zero-order valence-corrected chi connectivity index (χ0v) is 19.4. The predicted octanol–water partition coefficient (Wildman–Crippen LogP) is 4.82. The van der Waals surface area contributed by atoms with Crippen LogP contribution in [0.15, 0.2) is 39.5 Å². The zero-order chi connectivity index (χ0) is 23.5. The lowest BCUT2D eigenvalue weighted by molar-refractivity contribution is -0.149. The highest BCUT2D eigenvalue weighted by Crippen LogP contribution is 2.35. The highest BCUT2D eigenvalue weighted by atomic mass is 16.6. The molecule has 0 saturated carbocycles. The lowest BCUT2D eigenvalue weighted by atomic mass is 10.0. The molecule has 33 heavy (non-hydrogen) atoms. The highest BCUT2D eigenvalue weighted by Gasteiger charge is 2.19. The topological polar surface area (TPSA) is 84.2 Å². The van der Waals surface area contributed by atoms with Crippen molar-refractivity contribution in [3.8, 4) is 28.4 Å². The van der Waals surface area contributed by atoms with E-state index in [4.69, 9.17) is 23.4 Å². The summed E-state index contributed by atoms with van der Waals surface area (Å²) >= 11 is 0. The molecule has 1 aromatic heterocycles. The summed E-state index contributed by atoms with van der Waals surface area (Å²) in [5.74, 6) is 1.82. The molecule has 0 N–H and O–H groups in total. The van der Waals surface area contributed by atoms with Crippen molar-refractivity contribution >= 4 is 16.9 Å². The van der Waals surface area contributed by atoms with Crippen molar-refractivity contribution < 1.29 is 28.2 Å². The van der Waals surface area contributed by atoms with Gasteiger partial charge in [-0.05, 0) is 56.5 Å². The van der Waals surface area contributed by atoms with Crippen molar-refractivity contribution in [2.75, 3.05) is 19.8 Å². The Morgan fingerprint density at radius 2 is 1.85 bits per heavy atom. The maximum absolute atomic E-state index is 13.5. The van der Waals surface area contributed by atoms with Crippen LogP contribution in [0, 0.1) is 6.92 Å². The fraction of sp³-hybridized carbons (Fsp3) is 0.385. The second-order valence-corrected chi connectivity index (χ2v) is 8.21. The normalized spacial score (nSPS) is 13.1. The van der Waals surface area contributed by atoms with Crippen LogP contribution < -0.4 is 19.6 Å². The third-order valence-electron chi connectivity index (χ3n) is 5.38. The molecule has 7 nitrogen and oxygen atoms in total. The molecule has 0 amide bonds. The van der Waals surface area contributed by atoms with Crippen LogP contribution in [0.3, 0.4) is 0 Å². The SMILES string of the molecule is CCc1cc2c(=O)c(-c3ccc4c(c3)OCCCO4)c(C)oc2cc1OCC(=O)OC(C)C. The van der Waals surface area contributed by atoms with Crippen LogP contribution in [-0.2, 0) is 16.0 Å². The van der Waals surface area contributed by atoms with E-state index < -0.39 is 5.97 Å². The van der Waals surface area contributed by atoms with Crippen molar-refractivity contribution in [2.45, 2.75) is 46.6 Å². The third-order valence-corrected chi connectivity index (χ3v) is 5.38. The summed E-state index contributed by atoms with van der Waals surface area (Å²) in [5, 5.41) is 0.455. The van der Waals surface area contributed by atoms with E-state index in [-0.39, 0.29) is 18.1 Å². The Labute approximate surface area is 192 Å². The number of carbonyl (C=O) groups is 1. The fourth-order valence-corrected chi connectivity index (χ4v) is 3.88. The molecule has 1 aliphatic heterocycles. The summed E-state index contributed by atoms with van der Waals surface area (Å²) in [7, 11) is 0. The Hall–Kier alpha value is -3.48. The number of esters is 1. The van der Waals surface area contributed by atoms with Crippen LogP contribution in [0.1, 0.15) is 38.5 Å². The smallest absolute Gasteiger partial charge is 0.344 e. The minimum absolute atomic E-state index is 0.135. The third kappa shape index (κ3) is 4.82. The molecule has 4 rings (SSSR count). The van der Waals surface area contributed by atoms with Gasteiger partial charge in [-0.2, -0.15) is 0 Å². The standard InChI is InChI=1S/C26H28O7/c1-5-17-11-19-22(13-21(17)31-14-24(27)32-15(2)3)33-16(4)25(26(19)28)18-7-8-20-23(12-18)30-10-6-9-29-20/h7-8,11-13,15H,5-6,9-10,14H2,1-4H3. The molecule has 0 unspecified atom stereocenters. The fourth-order valence-electron chi connectivity index (χ4n) is 3.88. The Morgan fingerprint density at radius 3 is 2.58 bits per heavy atom. The second kappa shape index (κ2) is 9.57. The van der Waals surface area contributed by atoms with E-state index in [1.54, 1.807) is 32.9 Å². The molecule has 0 atom stereocenters. The summed E-state index contributed by atoms with van der Waals surface area (Å²) in [6.07, 6.45) is 1.21. The van der Waals surface area contributed by atoms with Gasteiger partial charge in [0.15, 0.2) is 18.1 Å². The lowest BCUT2D eigenvalue weighted by Crippen LogP contribution is -2.19. The van der Waals surface area contributed by atoms with Crippen molar-refractivity contribution in [1.29, 1.82) is 0 Å². The van der Waals surface area contributed by atoms with Crippen LogP contribution in [0.2, 0.25) is 0 Å². The molecule has 0 radical (unpaired) electrons. The molecule has 3 aromatic rings. The number of rotatable bonds is 6. The van der Waals surface area contributed by atoms with Gasteiger partial charge >= 0.3 is 5.97 Å². The van der Waals surface area contributed by atoms with E-state index in [0.717, 1.165) is 12.0 Å². The van der Waals surface area contributed by atoms with E-state index in [9.17, 15) is 9.59 Å². The summed E-state index contributed by atoms with van der Waals surface area (Å²) in [4.78, 5) is 25.4.